The molecule has 3 rings (SSSR count). The largest absolute Gasteiger partial charge is 0.367 e. The summed E-state index contributed by atoms with van der Waals surface area (Å²) in [5.41, 5.74) is 3.83. The Labute approximate surface area is 124 Å². The number of carbonyl (C=O) groups is 1. The van der Waals surface area contributed by atoms with E-state index in [4.69, 9.17) is 0 Å². The maximum atomic E-state index is 12.2. The van der Waals surface area contributed by atoms with Crippen molar-refractivity contribution in [3.8, 4) is 0 Å². The Balaban J connectivity index is 1.96. The molecule has 1 aliphatic rings. The summed E-state index contributed by atoms with van der Waals surface area (Å²) in [6.07, 6.45) is 1.74. The fourth-order valence-corrected chi connectivity index (χ4v) is 2.55. The second-order valence-electron chi connectivity index (χ2n) is 5.43. The summed E-state index contributed by atoms with van der Waals surface area (Å²) in [4.78, 5) is 18.5. The molecule has 1 aliphatic heterocycles. The van der Waals surface area contributed by atoms with Crippen LogP contribution in [0.4, 0.5) is 17.2 Å². The van der Waals surface area contributed by atoms with Crippen LogP contribution in [0.2, 0.25) is 0 Å². The Hall–Kier alpha value is -2.56. The quantitative estimate of drug-likeness (QED) is 0.908. The number of nitrogens with zero attached hydrogens (tertiary/aromatic N) is 2. The first kappa shape index (κ1) is 13.4. The lowest BCUT2D eigenvalue weighted by atomic mass is 10.1. The van der Waals surface area contributed by atoms with Gasteiger partial charge in [0.2, 0.25) is 0 Å². The van der Waals surface area contributed by atoms with E-state index in [1.165, 1.54) is 0 Å². The van der Waals surface area contributed by atoms with E-state index < -0.39 is 0 Å². The number of carbonyl (C=O) groups excluding carboxylic acids is 1. The number of pyridine rings is 1. The van der Waals surface area contributed by atoms with Gasteiger partial charge in [0, 0.05) is 31.5 Å². The number of nitrogens with one attached hydrogen (secondary N) is 2. The molecule has 1 aromatic carbocycles. The average molecular weight is 282 g/mol. The number of hydrogen-bond acceptors (Lipinski definition) is 4. The van der Waals surface area contributed by atoms with Crippen LogP contribution in [0.3, 0.4) is 0 Å². The van der Waals surface area contributed by atoms with E-state index in [9.17, 15) is 4.79 Å². The van der Waals surface area contributed by atoms with Gasteiger partial charge in [0.1, 0.15) is 6.04 Å². The van der Waals surface area contributed by atoms with Gasteiger partial charge in [-0.15, -0.1) is 0 Å². The Morgan fingerprint density at radius 2 is 2.10 bits per heavy atom. The zero-order valence-corrected chi connectivity index (χ0v) is 12.3. The first-order chi connectivity index (χ1) is 10.1. The second-order valence-corrected chi connectivity index (χ2v) is 5.43. The van der Waals surface area contributed by atoms with Crippen LogP contribution in [0.15, 0.2) is 36.5 Å². The number of benzene rings is 1. The van der Waals surface area contributed by atoms with Crippen molar-refractivity contribution in [1.29, 1.82) is 0 Å². The highest BCUT2D eigenvalue weighted by Crippen LogP contribution is 2.35. The number of fused-ring (bicyclic) bond motifs is 1. The van der Waals surface area contributed by atoms with Gasteiger partial charge < -0.3 is 15.5 Å². The molecule has 0 radical (unpaired) electrons. The topological polar surface area (TPSA) is 57.3 Å². The predicted octanol–water partition coefficient (Wildman–Crippen LogP) is 2.56. The van der Waals surface area contributed by atoms with E-state index in [0.29, 0.717) is 0 Å². The first-order valence-electron chi connectivity index (χ1n) is 6.86. The van der Waals surface area contributed by atoms with Gasteiger partial charge >= 0.3 is 0 Å². The monoisotopic (exact) mass is 282 g/mol. The van der Waals surface area contributed by atoms with E-state index in [1.807, 2.05) is 56.3 Å². The number of amides is 1. The minimum absolute atomic E-state index is 0.0378. The molecule has 0 bridgehead atoms. The molecular formula is C16H18N4O. The van der Waals surface area contributed by atoms with E-state index in [-0.39, 0.29) is 11.9 Å². The van der Waals surface area contributed by atoms with E-state index in [1.54, 1.807) is 6.20 Å². The van der Waals surface area contributed by atoms with Crippen LogP contribution < -0.4 is 15.5 Å². The van der Waals surface area contributed by atoms with Crippen LogP contribution in [0.25, 0.3) is 0 Å². The molecule has 0 fully saturated rings. The fourth-order valence-electron chi connectivity index (χ4n) is 2.55. The third kappa shape index (κ3) is 2.42. The minimum Gasteiger partial charge on any atom is -0.367 e. The lowest BCUT2D eigenvalue weighted by Crippen LogP contribution is -2.22. The maximum absolute atomic E-state index is 12.2. The minimum atomic E-state index is -0.386. The number of anilines is 3. The number of aromatic nitrogens is 1. The van der Waals surface area contributed by atoms with Gasteiger partial charge in [-0.05, 0) is 25.1 Å². The Bertz CT molecular complexity index is 696. The van der Waals surface area contributed by atoms with Crippen LogP contribution in [-0.4, -0.2) is 25.0 Å². The third-order valence-electron chi connectivity index (χ3n) is 3.55. The third-order valence-corrected chi connectivity index (χ3v) is 3.55. The fraction of sp³-hybridized carbons (Fsp3) is 0.250. The van der Waals surface area contributed by atoms with Crippen LogP contribution in [0, 0.1) is 6.92 Å². The molecular weight excluding hydrogens is 264 g/mol. The van der Waals surface area contributed by atoms with Crippen molar-refractivity contribution in [1.82, 2.24) is 4.98 Å². The highest BCUT2D eigenvalue weighted by molar-refractivity contribution is 6.04. The molecule has 1 aromatic heterocycles. The molecule has 1 atom stereocenters. The lowest BCUT2D eigenvalue weighted by Gasteiger charge is -2.19. The molecule has 2 aromatic rings. The van der Waals surface area contributed by atoms with Gasteiger partial charge in [0.05, 0.1) is 5.69 Å². The highest BCUT2D eigenvalue weighted by Gasteiger charge is 2.31. The zero-order chi connectivity index (χ0) is 15.0. The molecule has 1 amide bonds. The van der Waals surface area contributed by atoms with E-state index in [2.05, 4.69) is 15.6 Å². The standard InChI is InChI=1S/C16H18N4O/c1-10-6-7-12-11(9-10)14(16(21)19-12)18-13-5-4-8-17-15(13)20(2)3/h4-9,14,18H,1-3H3,(H,19,21). The van der Waals surface area contributed by atoms with Crippen LogP contribution in [0.5, 0.6) is 0 Å². The number of rotatable bonds is 3. The van der Waals surface area contributed by atoms with Crippen molar-refractivity contribution < 1.29 is 4.79 Å². The summed E-state index contributed by atoms with van der Waals surface area (Å²) in [6, 6.07) is 9.39. The van der Waals surface area contributed by atoms with Gasteiger partial charge in [-0.1, -0.05) is 17.7 Å². The maximum Gasteiger partial charge on any atom is 0.251 e. The average Bonchev–Trinajstić information content (AvgIpc) is 2.75. The number of aryl methyl sites for hydroxylation is 1. The van der Waals surface area contributed by atoms with Gasteiger partial charge in [-0.2, -0.15) is 0 Å². The summed E-state index contributed by atoms with van der Waals surface area (Å²) in [6.45, 7) is 2.02. The van der Waals surface area contributed by atoms with Crippen molar-refractivity contribution in [2.24, 2.45) is 0 Å². The molecule has 2 N–H and O–H groups in total. The van der Waals surface area contributed by atoms with Crippen molar-refractivity contribution in [3.63, 3.8) is 0 Å². The SMILES string of the molecule is Cc1ccc2c(c1)C(Nc1cccnc1N(C)C)C(=O)N2. The predicted molar refractivity (Wildman–Crippen MR) is 84.7 cm³/mol. The van der Waals surface area contributed by atoms with Crippen molar-refractivity contribution >= 4 is 23.1 Å². The Morgan fingerprint density at radius 3 is 2.86 bits per heavy atom. The summed E-state index contributed by atoms with van der Waals surface area (Å²) < 4.78 is 0. The summed E-state index contributed by atoms with van der Waals surface area (Å²) in [5.74, 6) is 0.774. The normalized spacial score (nSPS) is 16.3. The molecule has 108 valence electrons. The van der Waals surface area contributed by atoms with Gasteiger partial charge in [0.25, 0.3) is 5.91 Å². The Kier molecular flexibility index (Phi) is 3.25. The van der Waals surface area contributed by atoms with Crippen LogP contribution >= 0.6 is 0 Å². The lowest BCUT2D eigenvalue weighted by molar-refractivity contribution is -0.116. The molecule has 0 aliphatic carbocycles. The summed E-state index contributed by atoms with van der Waals surface area (Å²) in [5, 5.41) is 6.22. The van der Waals surface area contributed by atoms with Crippen molar-refractivity contribution in [2.45, 2.75) is 13.0 Å². The highest BCUT2D eigenvalue weighted by atomic mass is 16.2. The smallest absolute Gasteiger partial charge is 0.251 e. The molecule has 1 unspecified atom stereocenters. The summed E-state index contributed by atoms with van der Waals surface area (Å²) >= 11 is 0. The molecule has 0 saturated heterocycles. The molecule has 0 saturated carbocycles. The molecule has 21 heavy (non-hydrogen) atoms. The zero-order valence-electron chi connectivity index (χ0n) is 12.3. The van der Waals surface area contributed by atoms with Crippen LogP contribution in [0.1, 0.15) is 17.2 Å². The molecule has 5 heteroatoms. The Morgan fingerprint density at radius 1 is 1.29 bits per heavy atom. The number of hydrogen-bond donors (Lipinski definition) is 2. The second kappa shape index (κ2) is 5.09. The van der Waals surface area contributed by atoms with Crippen molar-refractivity contribution in [3.05, 3.63) is 47.7 Å². The molecule has 5 nitrogen and oxygen atoms in total. The van der Waals surface area contributed by atoms with Crippen molar-refractivity contribution in [2.75, 3.05) is 29.6 Å². The van der Waals surface area contributed by atoms with Gasteiger partial charge in [-0.25, -0.2) is 4.98 Å². The first-order valence-corrected chi connectivity index (χ1v) is 6.86. The van der Waals surface area contributed by atoms with Crippen LogP contribution in [-0.2, 0) is 4.79 Å². The molecule has 2 heterocycles. The van der Waals surface area contributed by atoms with E-state index >= 15 is 0 Å². The molecule has 0 spiro atoms. The van der Waals surface area contributed by atoms with E-state index in [0.717, 1.165) is 28.3 Å². The summed E-state index contributed by atoms with van der Waals surface area (Å²) in [7, 11) is 3.86. The van der Waals surface area contributed by atoms with Gasteiger partial charge in [-0.3, -0.25) is 4.79 Å². The van der Waals surface area contributed by atoms with Gasteiger partial charge in [0.15, 0.2) is 5.82 Å².